The zero-order valence-corrected chi connectivity index (χ0v) is 21.4. The molecule has 1 fully saturated rings. The van der Waals surface area contributed by atoms with Gasteiger partial charge in [0.25, 0.3) is 0 Å². The first-order chi connectivity index (χ1) is 17.4. The molecule has 1 aromatic heterocycles. The molecule has 0 bridgehead atoms. The third-order valence-corrected chi connectivity index (χ3v) is 6.19. The van der Waals surface area contributed by atoms with Gasteiger partial charge in [-0.3, -0.25) is 4.90 Å². The van der Waals surface area contributed by atoms with Crippen LogP contribution in [0.1, 0.15) is 51.5 Å². The zero-order valence-electron chi connectivity index (χ0n) is 21.4. The van der Waals surface area contributed by atoms with Crippen LogP contribution in [0.3, 0.4) is 0 Å². The average Bonchev–Trinajstić information content (AvgIpc) is 3.19. The lowest BCUT2D eigenvalue weighted by Crippen LogP contribution is -2.33. The van der Waals surface area contributed by atoms with E-state index in [0.717, 1.165) is 42.4 Å². The first kappa shape index (κ1) is 29.9. The lowest BCUT2D eigenvalue weighted by molar-refractivity contribution is -0.192. The van der Waals surface area contributed by atoms with Crippen LogP contribution in [0.4, 0.5) is 13.2 Å². The molecular weight excluding hydrogens is 487 g/mol. The molecule has 0 spiro atoms. The molecule has 0 unspecified atom stereocenters. The highest BCUT2D eigenvalue weighted by atomic mass is 19.4. The lowest BCUT2D eigenvalue weighted by atomic mass is 9.84. The van der Waals surface area contributed by atoms with Gasteiger partial charge in [0.15, 0.2) is 0 Å². The van der Waals surface area contributed by atoms with Crippen LogP contribution >= 0.6 is 0 Å². The first-order valence-electron chi connectivity index (χ1n) is 11.9. The second-order valence-electron chi connectivity index (χ2n) is 8.99. The molecule has 4 rings (SSSR count). The Balaban J connectivity index is 0.000000413. The van der Waals surface area contributed by atoms with Crippen molar-refractivity contribution in [3.63, 3.8) is 0 Å². The van der Waals surface area contributed by atoms with Gasteiger partial charge in [0, 0.05) is 23.0 Å². The van der Waals surface area contributed by atoms with Gasteiger partial charge in [0.05, 0.1) is 0 Å². The molecule has 2 aromatic carbocycles. The molecule has 0 atom stereocenters. The molecule has 3 aromatic rings. The molecule has 37 heavy (non-hydrogen) atoms. The number of carbonyl (C=O) groups is 2. The van der Waals surface area contributed by atoms with Gasteiger partial charge in [-0.15, -0.1) is 0 Å². The number of aliphatic carboxylic acids is 1. The maximum absolute atomic E-state index is 11.7. The maximum atomic E-state index is 11.7. The number of benzene rings is 2. The van der Waals surface area contributed by atoms with Crippen LogP contribution in [0, 0.1) is 13.8 Å². The van der Waals surface area contributed by atoms with E-state index in [1.807, 2.05) is 38.4 Å². The summed E-state index contributed by atoms with van der Waals surface area (Å²) in [5.74, 6) is -3.04. The number of aromatic nitrogens is 1. The van der Waals surface area contributed by atoms with Crippen LogP contribution in [-0.2, 0) is 11.3 Å². The van der Waals surface area contributed by atoms with E-state index >= 15 is 0 Å². The van der Waals surface area contributed by atoms with Crippen molar-refractivity contribution in [3.05, 3.63) is 70.4 Å². The Morgan fingerprint density at radius 1 is 1.00 bits per heavy atom. The molecule has 4 N–H and O–H groups in total. The summed E-state index contributed by atoms with van der Waals surface area (Å²) in [7, 11) is 3.75. The summed E-state index contributed by atoms with van der Waals surface area (Å²) in [5.41, 5.74) is 6.42. The highest BCUT2D eigenvalue weighted by Gasteiger charge is 2.38. The van der Waals surface area contributed by atoms with Gasteiger partial charge in [0.2, 0.25) is 0 Å². The fourth-order valence-corrected chi connectivity index (χ4v) is 4.62. The zero-order chi connectivity index (χ0) is 27.8. The minimum Gasteiger partial charge on any atom is -0.477 e. The van der Waals surface area contributed by atoms with Crippen molar-refractivity contribution in [3.8, 4) is 0 Å². The standard InChI is InChI=1S/C23H26N2O2.C2HF3O2.C2H7N/c1-15-6-5-7-16(2)21(15)17-10-12-25(13-11-17)14-19-18-8-3-4-9-20(18)24-22(19)23(26)27;3-2(4,5)1(6)7;1-3-2/h3-9,17,24H,10-14H2,1-2H3,(H,26,27);(H,6,7);3H,1-2H3. The summed E-state index contributed by atoms with van der Waals surface area (Å²) in [6.45, 7) is 7.10. The van der Waals surface area contributed by atoms with Gasteiger partial charge >= 0.3 is 18.1 Å². The van der Waals surface area contributed by atoms with E-state index in [9.17, 15) is 23.1 Å². The fraction of sp³-hybridized carbons (Fsp3) is 0.407. The SMILES string of the molecule is CNC.Cc1cccc(C)c1C1CCN(Cc2c(C(=O)O)[nH]c3ccccc23)CC1.O=C(O)C(F)(F)F. The molecule has 0 radical (unpaired) electrons. The van der Waals surface area contributed by atoms with Crippen LogP contribution in [0.2, 0.25) is 0 Å². The number of halogens is 3. The molecule has 1 aliphatic heterocycles. The van der Waals surface area contributed by atoms with E-state index in [-0.39, 0.29) is 0 Å². The number of alkyl halides is 3. The first-order valence-corrected chi connectivity index (χ1v) is 11.9. The summed E-state index contributed by atoms with van der Waals surface area (Å²) in [6, 6.07) is 14.4. The van der Waals surface area contributed by atoms with Crippen molar-refractivity contribution in [1.29, 1.82) is 0 Å². The lowest BCUT2D eigenvalue weighted by Gasteiger charge is -2.33. The molecule has 1 aliphatic rings. The molecule has 1 saturated heterocycles. The Bertz CT molecular complexity index is 1180. The Kier molecular flexibility index (Phi) is 10.7. The Morgan fingerprint density at radius 2 is 1.51 bits per heavy atom. The summed E-state index contributed by atoms with van der Waals surface area (Å²) in [6.07, 6.45) is -2.84. The van der Waals surface area contributed by atoms with E-state index in [1.165, 1.54) is 16.7 Å². The molecule has 0 aliphatic carbocycles. The van der Waals surface area contributed by atoms with Gasteiger partial charge in [-0.25, -0.2) is 9.59 Å². The van der Waals surface area contributed by atoms with Gasteiger partial charge in [-0.2, -0.15) is 13.2 Å². The van der Waals surface area contributed by atoms with Crippen LogP contribution in [0.5, 0.6) is 0 Å². The number of nitrogens with zero attached hydrogens (tertiary/aromatic N) is 1. The predicted octanol–water partition coefficient (Wildman–Crippen LogP) is 5.33. The van der Waals surface area contributed by atoms with Crippen molar-refractivity contribution in [1.82, 2.24) is 15.2 Å². The van der Waals surface area contributed by atoms with Crippen molar-refractivity contribution in [2.24, 2.45) is 0 Å². The van der Waals surface area contributed by atoms with Crippen molar-refractivity contribution >= 4 is 22.8 Å². The third-order valence-electron chi connectivity index (χ3n) is 6.19. The van der Waals surface area contributed by atoms with E-state index in [2.05, 4.69) is 47.2 Å². The molecular formula is C27H34F3N3O4. The number of hydrogen-bond donors (Lipinski definition) is 4. The molecule has 0 amide bonds. The summed E-state index contributed by atoms with van der Waals surface area (Å²) >= 11 is 0. The summed E-state index contributed by atoms with van der Waals surface area (Å²) in [5, 5.41) is 20.5. The second-order valence-corrected chi connectivity index (χ2v) is 8.99. The van der Waals surface area contributed by atoms with Gasteiger partial charge in [0.1, 0.15) is 5.69 Å². The van der Waals surface area contributed by atoms with Crippen LogP contribution < -0.4 is 5.32 Å². The minimum atomic E-state index is -5.08. The Morgan fingerprint density at radius 3 is 2.00 bits per heavy atom. The van der Waals surface area contributed by atoms with Gasteiger partial charge in [-0.1, -0.05) is 36.4 Å². The van der Waals surface area contributed by atoms with Crippen LogP contribution in [0.25, 0.3) is 10.9 Å². The monoisotopic (exact) mass is 521 g/mol. The smallest absolute Gasteiger partial charge is 0.477 e. The molecule has 10 heteroatoms. The third kappa shape index (κ3) is 8.06. The molecule has 2 heterocycles. The number of para-hydroxylation sites is 1. The number of hydrogen-bond acceptors (Lipinski definition) is 4. The maximum Gasteiger partial charge on any atom is 0.490 e. The highest BCUT2D eigenvalue weighted by Crippen LogP contribution is 2.34. The largest absolute Gasteiger partial charge is 0.490 e. The number of aryl methyl sites for hydroxylation is 2. The molecule has 202 valence electrons. The quantitative estimate of drug-likeness (QED) is 0.370. The summed E-state index contributed by atoms with van der Waals surface area (Å²) in [4.78, 5) is 26.1. The second kappa shape index (κ2) is 13.3. The topological polar surface area (TPSA) is 106 Å². The number of rotatable bonds is 4. The van der Waals surface area contributed by atoms with Crippen LogP contribution in [-0.4, -0.2) is 65.4 Å². The van der Waals surface area contributed by atoms with Crippen molar-refractivity contribution < 1.29 is 33.0 Å². The number of aromatic carboxylic acids is 1. The van der Waals surface area contributed by atoms with E-state index in [1.54, 1.807) is 0 Å². The number of likely N-dealkylation sites (tertiary alicyclic amines) is 1. The molecule has 0 saturated carbocycles. The minimum absolute atomic E-state index is 0.327. The Labute approximate surface area is 214 Å². The van der Waals surface area contributed by atoms with E-state index in [4.69, 9.17) is 9.90 Å². The Hall–Kier alpha value is -3.37. The number of aromatic amines is 1. The average molecular weight is 522 g/mol. The van der Waals surface area contributed by atoms with Crippen LogP contribution in [0.15, 0.2) is 42.5 Å². The van der Waals surface area contributed by atoms with Gasteiger partial charge in [-0.05, 0) is 82.5 Å². The predicted molar refractivity (Wildman–Crippen MR) is 137 cm³/mol. The van der Waals surface area contributed by atoms with Gasteiger partial charge < -0.3 is 20.5 Å². The van der Waals surface area contributed by atoms with E-state index < -0.39 is 18.1 Å². The van der Waals surface area contributed by atoms with E-state index in [0.29, 0.717) is 18.2 Å². The van der Waals surface area contributed by atoms with Crippen molar-refractivity contribution in [2.45, 2.75) is 45.3 Å². The normalized spacial score (nSPS) is 14.4. The highest BCUT2D eigenvalue weighted by molar-refractivity contribution is 5.97. The number of piperidine rings is 1. The van der Waals surface area contributed by atoms with Crippen molar-refractivity contribution in [2.75, 3.05) is 27.2 Å². The summed E-state index contributed by atoms with van der Waals surface area (Å²) < 4.78 is 31.7. The number of nitrogens with one attached hydrogen (secondary N) is 2. The molecule has 7 nitrogen and oxygen atoms in total. The fourth-order valence-electron chi connectivity index (χ4n) is 4.62. The number of carboxylic acid groups (broad SMARTS) is 2. The number of carboxylic acids is 2. The number of H-pyrrole nitrogens is 1. The number of fused-ring (bicyclic) bond motifs is 1.